The molecule has 0 saturated heterocycles. The van der Waals surface area contributed by atoms with Crippen LogP contribution < -0.4 is 5.73 Å². The van der Waals surface area contributed by atoms with Gasteiger partial charge in [-0.3, -0.25) is 0 Å². The summed E-state index contributed by atoms with van der Waals surface area (Å²) < 4.78 is 5.33. The summed E-state index contributed by atoms with van der Waals surface area (Å²) in [4.78, 5) is 4.49. The van der Waals surface area contributed by atoms with Gasteiger partial charge in [-0.25, -0.2) is 0 Å². The van der Waals surface area contributed by atoms with Crippen LogP contribution in [0.25, 0.3) is 0 Å². The van der Waals surface area contributed by atoms with E-state index in [1.54, 1.807) is 0 Å². The molecule has 15 heavy (non-hydrogen) atoms. The van der Waals surface area contributed by atoms with Gasteiger partial charge in [0.2, 0.25) is 5.89 Å². The monoisotopic (exact) mass is 209 g/mol. The van der Waals surface area contributed by atoms with Crippen molar-refractivity contribution < 1.29 is 4.52 Å². The Morgan fingerprint density at radius 1 is 1.53 bits per heavy atom. The Bertz CT molecular complexity index is 326. The van der Waals surface area contributed by atoms with Crippen molar-refractivity contribution in [2.45, 2.75) is 50.9 Å². The van der Waals surface area contributed by atoms with Crippen molar-refractivity contribution in [2.24, 2.45) is 5.73 Å². The number of aromatic nitrogens is 2. The van der Waals surface area contributed by atoms with Crippen LogP contribution in [-0.4, -0.2) is 16.7 Å². The summed E-state index contributed by atoms with van der Waals surface area (Å²) in [6, 6.07) is 0. The fourth-order valence-electron chi connectivity index (χ4n) is 1.70. The SMILES string of the molecule is CCC(C)(CN)c1nc(C2CCC2)no1. The third-order valence-corrected chi connectivity index (χ3v) is 3.66. The van der Waals surface area contributed by atoms with Crippen molar-refractivity contribution in [1.82, 2.24) is 10.1 Å². The van der Waals surface area contributed by atoms with E-state index in [1.807, 2.05) is 0 Å². The maximum atomic E-state index is 5.75. The van der Waals surface area contributed by atoms with E-state index in [0.29, 0.717) is 18.4 Å². The minimum absolute atomic E-state index is 0.158. The highest BCUT2D eigenvalue weighted by atomic mass is 16.5. The number of hydrogen-bond acceptors (Lipinski definition) is 4. The molecule has 0 amide bonds. The van der Waals surface area contributed by atoms with Crippen molar-refractivity contribution in [2.75, 3.05) is 6.54 Å². The van der Waals surface area contributed by atoms with Crippen molar-refractivity contribution >= 4 is 0 Å². The van der Waals surface area contributed by atoms with E-state index < -0.39 is 0 Å². The third kappa shape index (κ3) is 1.78. The minimum Gasteiger partial charge on any atom is -0.339 e. The summed E-state index contributed by atoms with van der Waals surface area (Å²) in [5.41, 5.74) is 5.60. The zero-order chi connectivity index (χ0) is 10.9. The Labute approximate surface area is 90.2 Å². The van der Waals surface area contributed by atoms with E-state index in [4.69, 9.17) is 10.3 Å². The molecule has 1 fully saturated rings. The second-order valence-corrected chi connectivity index (χ2v) is 4.70. The Balaban J connectivity index is 2.18. The van der Waals surface area contributed by atoms with Crippen molar-refractivity contribution in [3.8, 4) is 0 Å². The summed E-state index contributed by atoms with van der Waals surface area (Å²) in [6.07, 6.45) is 4.61. The van der Waals surface area contributed by atoms with Gasteiger partial charge in [-0.05, 0) is 26.2 Å². The van der Waals surface area contributed by atoms with Gasteiger partial charge in [-0.2, -0.15) is 4.98 Å². The highest BCUT2D eigenvalue weighted by Crippen LogP contribution is 2.35. The average Bonchev–Trinajstić information content (AvgIpc) is 2.63. The Kier molecular flexibility index (Phi) is 2.78. The van der Waals surface area contributed by atoms with Gasteiger partial charge < -0.3 is 10.3 Å². The molecule has 2 rings (SSSR count). The molecule has 0 bridgehead atoms. The van der Waals surface area contributed by atoms with Gasteiger partial charge in [0, 0.05) is 12.5 Å². The molecule has 1 atom stereocenters. The Hall–Kier alpha value is -0.900. The molecule has 0 radical (unpaired) electrons. The molecule has 1 aliphatic rings. The predicted molar refractivity (Wildman–Crippen MR) is 57.6 cm³/mol. The fraction of sp³-hybridized carbons (Fsp3) is 0.818. The van der Waals surface area contributed by atoms with E-state index in [0.717, 1.165) is 12.2 Å². The minimum atomic E-state index is -0.158. The largest absolute Gasteiger partial charge is 0.339 e. The van der Waals surface area contributed by atoms with Gasteiger partial charge >= 0.3 is 0 Å². The summed E-state index contributed by atoms with van der Waals surface area (Å²) in [7, 11) is 0. The number of nitrogens with zero attached hydrogens (tertiary/aromatic N) is 2. The highest BCUT2D eigenvalue weighted by Gasteiger charge is 2.32. The first-order valence-electron chi connectivity index (χ1n) is 5.74. The average molecular weight is 209 g/mol. The summed E-state index contributed by atoms with van der Waals surface area (Å²) >= 11 is 0. The molecular formula is C11H19N3O. The molecule has 0 aromatic carbocycles. The zero-order valence-electron chi connectivity index (χ0n) is 9.49. The number of hydrogen-bond donors (Lipinski definition) is 1. The van der Waals surface area contributed by atoms with E-state index in [-0.39, 0.29) is 5.41 Å². The molecule has 1 saturated carbocycles. The second kappa shape index (κ2) is 3.93. The molecule has 1 aromatic heterocycles. The molecule has 1 heterocycles. The van der Waals surface area contributed by atoms with Crippen molar-refractivity contribution in [3.05, 3.63) is 11.7 Å². The van der Waals surface area contributed by atoms with Gasteiger partial charge in [0.25, 0.3) is 0 Å². The lowest BCUT2D eigenvalue weighted by atomic mass is 9.84. The van der Waals surface area contributed by atoms with Gasteiger partial charge in [-0.15, -0.1) is 0 Å². The van der Waals surface area contributed by atoms with Gasteiger partial charge in [0.1, 0.15) is 0 Å². The summed E-state index contributed by atoms with van der Waals surface area (Å²) in [5, 5.41) is 4.06. The van der Waals surface area contributed by atoms with Crippen LogP contribution in [0.4, 0.5) is 0 Å². The molecular weight excluding hydrogens is 190 g/mol. The van der Waals surface area contributed by atoms with E-state index in [2.05, 4.69) is 24.0 Å². The summed E-state index contributed by atoms with van der Waals surface area (Å²) in [6.45, 7) is 4.72. The molecule has 1 unspecified atom stereocenters. The van der Waals surface area contributed by atoms with Crippen LogP contribution in [0, 0.1) is 0 Å². The lowest BCUT2D eigenvalue weighted by molar-refractivity contribution is 0.285. The van der Waals surface area contributed by atoms with Crippen LogP contribution in [0.5, 0.6) is 0 Å². The molecule has 0 aliphatic heterocycles. The van der Waals surface area contributed by atoms with Crippen LogP contribution in [0.1, 0.15) is 57.2 Å². The standard InChI is InChI=1S/C11H19N3O/c1-3-11(2,7-12)10-13-9(14-15-10)8-5-4-6-8/h8H,3-7,12H2,1-2H3. The van der Waals surface area contributed by atoms with Crippen LogP contribution >= 0.6 is 0 Å². The Morgan fingerprint density at radius 2 is 2.27 bits per heavy atom. The topological polar surface area (TPSA) is 64.9 Å². The van der Waals surface area contributed by atoms with Crippen LogP contribution in [-0.2, 0) is 5.41 Å². The summed E-state index contributed by atoms with van der Waals surface area (Å²) in [5.74, 6) is 2.11. The second-order valence-electron chi connectivity index (χ2n) is 4.70. The van der Waals surface area contributed by atoms with Crippen molar-refractivity contribution in [1.29, 1.82) is 0 Å². The first-order valence-corrected chi connectivity index (χ1v) is 5.74. The normalized spacial score (nSPS) is 21.0. The lowest BCUT2D eigenvalue weighted by Gasteiger charge is -2.22. The van der Waals surface area contributed by atoms with E-state index in [9.17, 15) is 0 Å². The van der Waals surface area contributed by atoms with Crippen LogP contribution in [0.3, 0.4) is 0 Å². The fourth-order valence-corrected chi connectivity index (χ4v) is 1.70. The van der Waals surface area contributed by atoms with Crippen LogP contribution in [0.15, 0.2) is 4.52 Å². The lowest BCUT2D eigenvalue weighted by Crippen LogP contribution is -2.31. The molecule has 4 heteroatoms. The maximum Gasteiger partial charge on any atom is 0.233 e. The first kappa shape index (κ1) is 10.6. The maximum absolute atomic E-state index is 5.75. The molecule has 1 aromatic rings. The van der Waals surface area contributed by atoms with Crippen molar-refractivity contribution in [3.63, 3.8) is 0 Å². The number of nitrogens with two attached hydrogens (primary N) is 1. The molecule has 2 N–H and O–H groups in total. The molecule has 4 nitrogen and oxygen atoms in total. The van der Waals surface area contributed by atoms with Gasteiger partial charge in [0.05, 0.1) is 5.41 Å². The van der Waals surface area contributed by atoms with Gasteiger partial charge in [0.15, 0.2) is 5.82 Å². The quantitative estimate of drug-likeness (QED) is 0.823. The number of rotatable bonds is 4. The first-order chi connectivity index (χ1) is 7.19. The highest BCUT2D eigenvalue weighted by molar-refractivity contribution is 5.07. The molecule has 0 spiro atoms. The zero-order valence-corrected chi connectivity index (χ0v) is 9.49. The van der Waals surface area contributed by atoms with E-state index >= 15 is 0 Å². The predicted octanol–water partition coefficient (Wildman–Crippen LogP) is 1.96. The smallest absolute Gasteiger partial charge is 0.233 e. The van der Waals surface area contributed by atoms with E-state index in [1.165, 1.54) is 19.3 Å². The Morgan fingerprint density at radius 3 is 2.73 bits per heavy atom. The van der Waals surface area contributed by atoms with Crippen LogP contribution in [0.2, 0.25) is 0 Å². The molecule has 1 aliphatic carbocycles. The van der Waals surface area contributed by atoms with Gasteiger partial charge in [-0.1, -0.05) is 18.5 Å². The molecule has 84 valence electrons. The third-order valence-electron chi connectivity index (χ3n) is 3.66.